The van der Waals surface area contributed by atoms with Gasteiger partial charge in [-0.05, 0) is 245 Å². The van der Waals surface area contributed by atoms with Crippen molar-refractivity contribution in [1.29, 1.82) is 0 Å². The number of rotatable bonds is 17. The van der Waals surface area contributed by atoms with Gasteiger partial charge in [-0.15, -0.1) is 0 Å². The smallest absolute Gasteiger partial charge is 0.377 e. The lowest BCUT2D eigenvalue weighted by Crippen LogP contribution is -2.59. The van der Waals surface area contributed by atoms with E-state index in [2.05, 4.69) is 11.7 Å². The molecule has 0 radical (unpaired) electrons. The molecule has 0 aromatic carbocycles. The molecule has 0 aromatic heterocycles. The maximum absolute atomic E-state index is 13.5. The van der Waals surface area contributed by atoms with Gasteiger partial charge >= 0.3 is 101 Å². The van der Waals surface area contributed by atoms with E-state index in [4.69, 9.17) is 46.8 Å². The van der Waals surface area contributed by atoms with Crippen LogP contribution in [-0.2, 0) is 114 Å². The molecule has 2 N–H and O–H groups in total. The van der Waals surface area contributed by atoms with Crippen LogP contribution >= 0.6 is 0 Å². The maximum Gasteiger partial charge on any atom is 0.377 e. The van der Waals surface area contributed by atoms with Crippen LogP contribution in [0.25, 0.3) is 0 Å². The van der Waals surface area contributed by atoms with Gasteiger partial charge in [0.1, 0.15) is 53.6 Å². The zero-order valence-electron chi connectivity index (χ0n) is 74.2. The van der Waals surface area contributed by atoms with Crippen molar-refractivity contribution in [2.75, 3.05) is 20.3 Å². The van der Waals surface area contributed by atoms with E-state index in [-0.39, 0.29) is 88.6 Å². The van der Waals surface area contributed by atoms with Gasteiger partial charge in [-0.3, -0.25) is 23.4 Å². The summed E-state index contributed by atoms with van der Waals surface area (Å²) in [6.07, 6.45) is 21.0. The van der Waals surface area contributed by atoms with Crippen molar-refractivity contribution in [3.63, 3.8) is 0 Å². The first-order valence-electron chi connectivity index (χ1n) is 45.5. The molecule has 130 heavy (non-hydrogen) atoms. The number of carbonyl (C=O) groups excluding carboxylic acids is 11. The molecule has 3 heterocycles. The maximum atomic E-state index is 13.5. The van der Waals surface area contributed by atoms with E-state index >= 15 is 0 Å². The molecule has 20 atom stereocenters. The highest BCUT2D eigenvalue weighted by Gasteiger charge is 2.73. The summed E-state index contributed by atoms with van der Waals surface area (Å²) in [6, 6.07) is 0. The van der Waals surface area contributed by atoms with E-state index in [1.807, 2.05) is 6.92 Å². The number of halogens is 14. The summed E-state index contributed by atoms with van der Waals surface area (Å²) >= 11 is 0. The zero-order chi connectivity index (χ0) is 94.3. The van der Waals surface area contributed by atoms with Crippen molar-refractivity contribution in [3.8, 4) is 0 Å². The van der Waals surface area contributed by atoms with Gasteiger partial charge in [-0.2, -0.15) is 69.9 Å². The molecule has 22 bridgehead atoms. The quantitative estimate of drug-likeness (QED) is 0.0565. The van der Waals surface area contributed by atoms with Gasteiger partial charge in [0.05, 0.1) is 43.3 Å². The van der Waals surface area contributed by atoms with Crippen LogP contribution < -0.4 is 0 Å². The third-order valence-corrected chi connectivity index (χ3v) is 34.8. The Labute approximate surface area is 743 Å². The van der Waals surface area contributed by atoms with Gasteiger partial charge in [-0.1, -0.05) is 6.92 Å². The van der Waals surface area contributed by atoms with E-state index in [1.54, 1.807) is 0 Å². The molecular weight excluding hydrogens is 1780 g/mol. The molecule has 25 rings (SSSR count). The molecule has 0 spiro atoms. The Bertz CT molecular complexity index is 4410. The van der Waals surface area contributed by atoms with Crippen LogP contribution in [0.4, 0.5) is 61.5 Å². The summed E-state index contributed by atoms with van der Waals surface area (Å²) in [6.45, 7) is 8.45. The Hall–Kier alpha value is -6.74. The van der Waals surface area contributed by atoms with Gasteiger partial charge < -0.3 is 52.8 Å². The fourth-order valence-electron chi connectivity index (χ4n) is 29.4. The van der Waals surface area contributed by atoms with Crippen LogP contribution in [0.2, 0.25) is 0 Å². The first-order valence-corrected chi connectivity index (χ1v) is 47.0. The van der Waals surface area contributed by atoms with Crippen LogP contribution in [0.15, 0.2) is 0 Å². The molecule has 732 valence electrons. The van der Waals surface area contributed by atoms with Gasteiger partial charge in [0.2, 0.25) is 0 Å². The summed E-state index contributed by atoms with van der Waals surface area (Å²) in [7, 11) is -2.70. The van der Waals surface area contributed by atoms with Crippen LogP contribution in [0.5, 0.6) is 0 Å². The number of carbonyl (C=O) groups is 11. The standard InChI is InChI=1S/C23H28F2O6.C15H22F2O2.C14H20F2O2.C13H16F2O3.C11H12F2O4.C10H12F2O5S.C4H6F2O2.H2O/c1-22(11-4-9-3-10(6-11)7-12(22)5-9)31-20(27)16-14-8-13-15(16)19(26)29-17(13)18(14)30-21(28)23(2,24)25;1-13-4-10-3-11(5-13)7-15(6-10,8-13)9-19-12(18)14(2,16)17;1-13(15,16)12(17)18-8-14-5-9-2-10(6-14)4-11(3-9)7-14;1-12(14,15)11(17)18-13-4-7-2-8(5-13)10(16)9(3-7)6-13;1-11(12,13)10(15)17-7-4-2-5-6(3-4)9(14)16-8(5)7;1-10(11,12)9(13)16-7-4-2-5-6(3-4)18(14,15)17-8(5)7;1-4(5,6)3(7)8-2;/h9-18H,3-8H2,1-2H3;10-11H,3-9H2,1-2H3;9-11H,2-8H2,1H3;7-9H,2-6H2,1H3;4-8H,2-3H2,1H3;4-8H,2-3H2,1H3;1-2H3;1H2. The molecule has 40 heteroatoms. The predicted molar refractivity (Wildman–Crippen MR) is 418 cm³/mol. The Morgan fingerprint density at radius 2 is 0.808 bits per heavy atom. The van der Waals surface area contributed by atoms with E-state index in [0.717, 1.165) is 120 Å². The summed E-state index contributed by atoms with van der Waals surface area (Å²) in [5, 5.41) is -0.551. The monoisotopic (exact) mass is 1900 g/mol. The highest BCUT2D eigenvalue weighted by molar-refractivity contribution is 7.87. The van der Waals surface area contributed by atoms with E-state index in [9.17, 15) is 123 Å². The molecule has 0 aromatic rings. The molecule has 25 fully saturated rings. The lowest BCUT2D eigenvalue weighted by Gasteiger charge is -2.61. The molecule has 22 aliphatic carbocycles. The highest BCUT2D eigenvalue weighted by atomic mass is 32.2. The van der Waals surface area contributed by atoms with Gasteiger partial charge in [0.15, 0.2) is 0 Å². The Kier molecular flexibility index (Phi) is 26.3. The van der Waals surface area contributed by atoms with E-state index in [1.165, 1.54) is 44.9 Å². The third-order valence-electron chi connectivity index (χ3n) is 33.1. The lowest BCUT2D eigenvalue weighted by atomic mass is 9.45. The second-order valence-corrected chi connectivity index (χ2v) is 45.6. The number of fused-ring (bicyclic) bond motifs is 3. The number of hydrogen-bond donors (Lipinski definition) is 0. The Balaban J connectivity index is 0.000000125. The van der Waals surface area contributed by atoms with Crippen LogP contribution in [0.3, 0.4) is 0 Å². The molecule has 3 aliphatic heterocycles. The summed E-state index contributed by atoms with van der Waals surface area (Å²) in [5.74, 6) is -32.4. The van der Waals surface area contributed by atoms with Gasteiger partial charge in [-0.25, -0.2) is 33.6 Å². The second kappa shape index (κ2) is 34.5. The minimum absolute atomic E-state index is 0. The minimum Gasteiger partial charge on any atom is -0.465 e. The Morgan fingerprint density at radius 3 is 1.27 bits per heavy atom. The van der Waals surface area contributed by atoms with Crippen LogP contribution in [0, 0.1) is 141 Å². The molecule has 25 aliphatic rings. The van der Waals surface area contributed by atoms with Crippen molar-refractivity contribution in [3.05, 3.63) is 0 Å². The molecule has 25 nitrogen and oxygen atoms in total. The predicted octanol–water partition coefficient (Wildman–Crippen LogP) is 14.5. The lowest BCUT2D eigenvalue weighted by molar-refractivity contribution is -0.212. The number of Topliss-reactive ketones (excluding diaryl/α,β-unsaturated/α-hetero) is 1. The Morgan fingerprint density at radius 1 is 0.400 bits per heavy atom. The van der Waals surface area contributed by atoms with Crippen LogP contribution in [0.1, 0.15) is 236 Å². The topological polar surface area (TPSA) is 355 Å². The third kappa shape index (κ3) is 19.7. The average molecular weight is 1900 g/mol. The molecule has 3 saturated heterocycles. The van der Waals surface area contributed by atoms with Crippen molar-refractivity contribution in [2.45, 2.75) is 330 Å². The normalized spacial score (nSPS) is 42.8. The average Bonchev–Trinajstić information content (AvgIpc) is 1.56. The van der Waals surface area contributed by atoms with Crippen molar-refractivity contribution in [2.24, 2.45) is 141 Å². The summed E-state index contributed by atoms with van der Waals surface area (Å²) < 4.78 is 257. The van der Waals surface area contributed by atoms with Crippen LogP contribution in [-0.4, -0.2) is 194 Å². The summed E-state index contributed by atoms with van der Waals surface area (Å²) in [4.78, 5) is 127. The first kappa shape index (κ1) is 99.2. The SMILES string of the molecule is CC(F)(F)C(=O)OC12CC3CC(C1)C(=O)C(C3)C2.CC(F)(F)C(=O)OC1C2CC3C(=O)OC1C3C2.CC(F)(F)C(=O)OC1C2CC3C1OC(=O)C3C2C(=O)OC1(C)C2CC3CC(C2)CC1C3.CC(F)(F)C(=O)OC1C2CC3C1OS(=O)(=O)C3C2.CC(F)(F)C(=O)OCC12CC3CC(CC(C3)C1)C2.CC12CC3CC(C1)CC(COC(=O)C(C)(F)F)(C3)C2.COC(=O)C(C)(F)F.O. The molecule has 22 saturated carbocycles. The number of hydrogen-bond acceptors (Lipinski definition) is 24. The molecular formula is C90H118F14O25S. The second-order valence-electron chi connectivity index (χ2n) is 43.8. The fourth-order valence-corrected chi connectivity index (χ4v) is 31.2. The number of esters is 10. The summed E-state index contributed by atoms with van der Waals surface area (Å²) in [5.41, 5.74) is -0.974. The van der Waals surface area contributed by atoms with Crippen molar-refractivity contribution < 1.29 is 180 Å². The van der Waals surface area contributed by atoms with Gasteiger partial charge in [0, 0.05) is 107 Å². The van der Waals surface area contributed by atoms with Crippen molar-refractivity contribution in [1.82, 2.24) is 0 Å². The van der Waals surface area contributed by atoms with E-state index < -0.39 is 176 Å². The molecule has 0 amide bonds. The fraction of sp³-hybridized carbons (Fsp3) is 0.878. The minimum atomic E-state index is -3.65. The number of ketones is 1. The first-order chi connectivity index (χ1) is 59.5. The largest absolute Gasteiger partial charge is 0.465 e. The van der Waals surface area contributed by atoms with E-state index in [0.29, 0.717) is 128 Å². The van der Waals surface area contributed by atoms with Gasteiger partial charge in [0.25, 0.3) is 10.1 Å². The number of ether oxygens (including phenoxy) is 10. The highest BCUT2D eigenvalue weighted by Crippen LogP contribution is 2.68. The van der Waals surface area contributed by atoms with Crippen molar-refractivity contribution >= 4 is 75.6 Å². The molecule has 20 unspecified atom stereocenters. The number of methoxy groups -OCH3 is 1. The number of alkyl halides is 14. The zero-order valence-corrected chi connectivity index (χ0v) is 75.0.